The van der Waals surface area contributed by atoms with Crippen LogP contribution in [-0.2, 0) is 13.1 Å². The number of likely N-dealkylation sites (tertiary alicyclic amines) is 1. The lowest BCUT2D eigenvalue weighted by Gasteiger charge is -2.39. The highest BCUT2D eigenvalue weighted by molar-refractivity contribution is 5.24. The molecule has 7 heteroatoms. The maximum Gasteiger partial charge on any atom is 0.417 e. The molecule has 0 unspecified atom stereocenters. The largest absolute Gasteiger partial charge is 0.417 e. The van der Waals surface area contributed by atoms with E-state index in [0.717, 1.165) is 23.5 Å². The number of hydrogen-bond acceptors (Lipinski definition) is 3. The molecule has 1 fully saturated rings. The van der Waals surface area contributed by atoms with Crippen LogP contribution in [0.4, 0.5) is 13.2 Å². The molecule has 1 N–H and O–H groups in total. The molecule has 0 aliphatic carbocycles. The van der Waals surface area contributed by atoms with Crippen LogP contribution in [0.1, 0.15) is 36.7 Å². The molecule has 0 radical (unpaired) electrons. The molecule has 0 amide bonds. The Balaban J connectivity index is 2.03. The number of aromatic nitrogens is 2. The summed E-state index contributed by atoms with van der Waals surface area (Å²) in [5.41, 5.74) is 0.535. The first kappa shape index (κ1) is 16.3. The maximum absolute atomic E-state index is 12.8. The number of nitrogens with zero attached hydrogens (tertiary/aromatic N) is 3. The Labute approximate surface area is 122 Å². The number of halogens is 3. The fraction of sp³-hybridized carbons (Fsp3) is 0.786. The Morgan fingerprint density at radius 3 is 2.24 bits per heavy atom. The van der Waals surface area contributed by atoms with Crippen LogP contribution in [0.15, 0.2) is 0 Å². The molecule has 2 heterocycles. The Kier molecular flexibility index (Phi) is 4.35. The highest BCUT2D eigenvalue weighted by atomic mass is 19.4. The summed E-state index contributed by atoms with van der Waals surface area (Å²) in [6, 6.07) is 0. The van der Waals surface area contributed by atoms with Gasteiger partial charge in [0.2, 0.25) is 0 Å². The number of rotatable bonds is 3. The number of piperidine rings is 1. The SMILES string of the molecule is CCn1nc(C)c(CN2CCC(O)(C(F)(F)F)CC2)c1C. The van der Waals surface area contributed by atoms with Gasteiger partial charge in [-0.1, -0.05) is 0 Å². The molecule has 0 saturated carbocycles. The average Bonchev–Trinajstić information content (AvgIpc) is 2.67. The van der Waals surface area contributed by atoms with Crippen molar-refractivity contribution in [1.82, 2.24) is 14.7 Å². The van der Waals surface area contributed by atoms with Gasteiger partial charge in [-0.25, -0.2) is 0 Å². The van der Waals surface area contributed by atoms with Crippen LogP contribution in [0.5, 0.6) is 0 Å². The van der Waals surface area contributed by atoms with Crippen molar-refractivity contribution in [3.63, 3.8) is 0 Å². The van der Waals surface area contributed by atoms with Crippen LogP contribution in [0.25, 0.3) is 0 Å². The van der Waals surface area contributed by atoms with Crippen LogP contribution in [0.2, 0.25) is 0 Å². The summed E-state index contributed by atoms with van der Waals surface area (Å²) in [7, 11) is 0. The number of aryl methyl sites for hydroxylation is 2. The van der Waals surface area contributed by atoms with E-state index in [-0.39, 0.29) is 25.9 Å². The summed E-state index contributed by atoms with van der Waals surface area (Å²) >= 11 is 0. The van der Waals surface area contributed by atoms with Crippen molar-refractivity contribution in [3.8, 4) is 0 Å². The van der Waals surface area contributed by atoms with Crippen molar-refractivity contribution in [2.45, 2.75) is 58.5 Å². The standard InChI is InChI=1S/C14H22F3N3O/c1-4-20-11(3)12(10(2)18-20)9-19-7-5-13(21,6-8-19)14(15,16)17/h21H,4-9H2,1-3H3. The topological polar surface area (TPSA) is 41.3 Å². The van der Waals surface area contributed by atoms with Crippen molar-refractivity contribution in [3.05, 3.63) is 17.0 Å². The van der Waals surface area contributed by atoms with Crippen molar-refractivity contribution >= 4 is 0 Å². The Morgan fingerprint density at radius 2 is 1.81 bits per heavy atom. The van der Waals surface area contributed by atoms with Gasteiger partial charge in [-0.05, 0) is 33.6 Å². The summed E-state index contributed by atoms with van der Waals surface area (Å²) in [4.78, 5) is 1.96. The summed E-state index contributed by atoms with van der Waals surface area (Å²) in [5, 5.41) is 14.1. The van der Waals surface area contributed by atoms with Gasteiger partial charge < -0.3 is 5.11 Å². The van der Waals surface area contributed by atoms with Gasteiger partial charge in [0.1, 0.15) is 0 Å². The second-order valence-electron chi connectivity index (χ2n) is 5.77. The predicted octanol–water partition coefficient (Wildman–Crippen LogP) is 2.41. The van der Waals surface area contributed by atoms with Crippen molar-refractivity contribution in [2.75, 3.05) is 13.1 Å². The van der Waals surface area contributed by atoms with Crippen LogP contribution < -0.4 is 0 Å². The number of hydrogen-bond donors (Lipinski definition) is 1. The van der Waals surface area contributed by atoms with E-state index >= 15 is 0 Å². The van der Waals surface area contributed by atoms with Gasteiger partial charge in [-0.15, -0.1) is 0 Å². The number of alkyl halides is 3. The lowest BCUT2D eigenvalue weighted by molar-refractivity contribution is -0.272. The fourth-order valence-corrected chi connectivity index (χ4v) is 2.86. The average molecular weight is 305 g/mol. The third-order valence-electron chi connectivity index (χ3n) is 4.42. The van der Waals surface area contributed by atoms with Crippen LogP contribution in [0, 0.1) is 13.8 Å². The van der Waals surface area contributed by atoms with E-state index in [0.29, 0.717) is 6.54 Å². The van der Waals surface area contributed by atoms with Crippen molar-refractivity contribution in [2.24, 2.45) is 0 Å². The monoisotopic (exact) mass is 305 g/mol. The third-order valence-corrected chi connectivity index (χ3v) is 4.42. The van der Waals surface area contributed by atoms with E-state index in [4.69, 9.17) is 0 Å². The van der Waals surface area contributed by atoms with Gasteiger partial charge in [-0.2, -0.15) is 18.3 Å². The Bertz CT molecular complexity index is 502. The minimum Gasteiger partial charge on any atom is -0.380 e. The number of aliphatic hydroxyl groups is 1. The predicted molar refractivity (Wildman–Crippen MR) is 72.9 cm³/mol. The molecule has 1 aliphatic rings. The fourth-order valence-electron chi connectivity index (χ4n) is 2.86. The Morgan fingerprint density at radius 1 is 1.24 bits per heavy atom. The molecule has 2 rings (SSSR count). The molecule has 21 heavy (non-hydrogen) atoms. The summed E-state index contributed by atoms with van der Waals surface area (Å²) in [5.74, 6) is 0. The summed E-state index contributed by atoms with van der Waals surface area (Å²) < 4.78 is 40.2. The summed E-state index contributed by atoms with van der Waals surface area (Å²) in [6.07, 6.45) is -5.08. The van der Waals surface area contributed by atoms with Crippen molar-refractivity contribution < 1.29 is 18.3 Å². The highest BCUT2D eigenvalue weighted by Gasteiger charge is 2.54. The zero-order valence-corrected chi connectivity index (χ0v) is 12.7. The van der Waals surface area contributed by atoms with E-state index in [1.807, 2.05) is 30.4 Å². The van der Waals surface area contributed by atoms with Crippen LogP contribution in [0.3, 0.4) is 0 Å². The molecule has 0 atom stereocenters. The first-order chi connectivity index (χ1) is 9.68. The maximum atomic E-state index is 12.8. The molecule has 1 aromatic heterocycles. The van der Waals surface area contributed by atoms with E-state index in [9.17, 15) is 18.3 Å². The molecule has 0 spiro atoms. The molecule has 4 nitrogen and oxygen atoms in total. The third kappa shape index (κ3) is 3.08. The molecule has 0 aromatic carbocycles. The summed E-state index contributed by atoms with van der Waals surface area (Å²) in [6.45, 7) is 7.76. The minimum absolute atomic E-state index is 0.242. The van der Waals surface area contributed by atoms with Crippen LogP contribution in [-0.4, -0.2) is 44.7 Å². The lowest BCUT2D eigenvalue weighted by atomic mass is 9.90. The van der Waals surface area contributed by atoms with Gasteiger partial charge in [0, 0.05) is 37.4 Å². The van der Waals surface area contributed by atoms with Gasteiger partial charge in [0.15, 0.2) is 5.60 Å². The molecule has 1 aliphatic heterocycles. The first-order valence-electron chi connectivity index (χ1n) is 7.22. The zero-order valence-electron chi connectivity index (χ0n) is 12.7. The first-order valence-corrected chi connectivity index (χ1v) is 7.22. The van der Waals surface area contributed by atoms with Gasteiger partial charge in [0.25, 0.3) is 0 Å². The minimum atomic E-state index is -4.54. The molecular formula is C14H22F3N3O. The normalized spacial score (nSPS) is 20.0. The van der Waals surface area contributed by atoms with Gasteiger partial charge >= 0.3 is 6.18 Å². The molecule has 0 bridgehead atoms. The quantitative estimate of drug-likeness (QED) is 0.932. The molecule has 120 valence electrons. The Hall–Kier alpha value is -1.08. The molecule has 1 aromatic rings. The smallest absolute Gasteiger partial charge is 0.380 e. The van der Waals surface area contributed by atoms with Gasteiger partial charge in [0.05, 0.1) is 5.69 Å². The van der Waals surface area contributed by atoms with Crippen molar-refractivity contribution in [1.29, 1.82) is 0 Å². The second kappa shape index (κ2) is 5.61. The van der Waals surface area contributed by atoms with Crippen LogP contribution >= 0.6 is 0 Å². The second-order valence-corrected chi connectivity index (χ2v) is 5.77. The van der Waals surface area contributed by atoms with Gasteiger partial charge in [-0.3, -0.25) is 9.58 Å². The van der Waals surface area contributed by atoms with E-state index in [1.54, 1.807) is 0 Å². The van der Waals surface area contributed by atoms with E-state index in [1.165, 1.54) is 0 Å². The van der Waals surface area contributed by atoms with E-state index in [2.05, 4.69) is 5.10 Å². The highest BCUT2D eigenvalue weighted by Crippen LogP contribution is 2.38. The zero-order chi connectivity index (χ0) is 15.8. The lowest BCUT2D eigenvalue weighted by Crippen LogP contribution is -2.53. The van der Waals surface area contributed by atoms with E-state index < -0.39 is 11.8 Å². The molecule has 1 saturated heterocycles. The molecular weight excluding hydrogens is 283 g/mol.